The zero-order valence-corrected chi connectivity index (χ0v) is 22.5. The van der Waals surface area contributed by atoms with Gasteiger partial charge in [0.05, 0.1) is 0 Å². The summed E-state index contributed by atoms with van der Waals surface area (Å²) in [5, 5.41) is 80.2. The largest absolute Gasteiger partial charge is 0.508 e. The molecule has 14 heteroatoms. The van der Waals surface area contributed by atoms with Gasteiger partial charge in [0, 0.05) is 23.8 Å². The summed E-state index contributed by atoms with van der Waals surface area (Å²) < 4.78 is 22.2. The quantitative estimate of drug-likeness (QED) is 0.0840. The lowest BCUT2D eigenvalue weighted by Crippen LogP contribution is -2.60. The molecule has 5 rings (SSSR count). The van der Waals surface area contributed by atoms with Crippen LogP contribution in [0.5, 0.6) is 34.5 Å². The van der Waals surface area contributed by atoms with Crippen molar-refractivity contribution < 1.29 is 64.3 Å². The average molecular weight is 611 g/mol. The van der Waals surface area contributed by atoms with Crippen LogP contribution in [0.1, 0.15) is 5.56 Å². The van der Waals surface area contributed by atoms with E-state index in [2.05, 4.69) is 0 Å². The Morgan fingerprint density at radius 1 is 0.818 bits per heavy atom. The highest BCUT2D eigenvalue weighted by molar-refractivity contribution is 5.88. The van der Waals surface area contributed by atoms with Crippen LogP contribution in [-0.2, 0) is 14.3 Å². The highest BCUT2D eigenvalue weighted by atomic mass is 16.7. The smallest absolute Gasteiger partial charge is 0.330 e. The molecule has 1 fully saturated rings. The SMILES string of the molecule is O=C(/C=C/c1ccc(O)c(O)c1)OC[C@H]1O[C@@H](Oc2c(-c3ccc(O)cc3)oc3cc(O)cc(O)c3c2=O)[C@H](O)[C@@H](O)[C@@H]1O. The third-order valence-electron chi connectivity index (χ3n) is 6.75. The number of aromatic hydroxyl groups is 5. The van der Waals surface area contributed by atoms with Crippen molar-refractivity contribution in [3.05, 3.63) is 76.5 Å². The van der Waals surface area contributed by atoms with E-state index in [4.69, 9.17) is 18.6 Å². The number of esters is 1. The molecule has 1 saturated heterocycles. The van der Waals surface area contributed by atoms with Gasteiger partial charge in [-0.3, -0.25) is 4.79 Å². The molecule has 14 nitrogen and oxygen atoms in total. The number of carbonyl (C=O) groups is 1. The second kappa shape index (κ2) is 12.1. The molecule has 0 bridgehead atoms. The lowest BCUT2D eigenvalue weighted by molar-refractivity contribution is -0.278. The maximum Gasteiger partial charge on any atom is 0.330 e. The van der Waals surface area contributed by atoms with Gasteiger partial charge in [0.1, 0.15) is 59.2 Å². The van der Waals surface area contributed by atoms with Crippen LogP contribution in [0.15, 0.2) is 69.9 Å². The number of aliphatic hydroxyl groups excluding tert-OH is 3. The van der Waals surface area contributed by atoms with Gasteiger partial charge in [0.15, 0.2) is 17.3 Å². The van der Waals surface area contributed by atoms with Crippen LogP contribution >= 0.6 is 0 Å². The third kappa shape index (κ3) is 6.09. The van der Waals surface area contributed by atoms with Crippen LogP contribution < -0.4 is 10.2 Å². The zero-order valence-electron chi connectivity index (χ0n) is 22.5. The first-order valence-corrected chi connectivity index (χ1v) is 13.0. The fraction of sp³-hybridized carbons (Fsp3) is 0.200. The molecule has 0 spiro atoms. The molecular weight excluding hydrogens is 584 g/mol. The summed E-state index contributed by atoms with van der Waals surface area (Å²) >= 11 is 0. The zero-order chi connectivity index (χ0) is 31.7. The van der Waals surface area contributed by atoms with E-state index < -0.39 is 71.7 Å². The molecule has 2 heterocycles. The lowest BCUT2D eigenvalue weighted by atomic mass is 9.99. The minimum atomic E-state index is -1.92. The lowest BCUT2D eigenvalue weighted by Gasteiger charge is -2.39. The van der Waals surface area contributed by atoms with Gasteiger partial charge < -0.3 is 59.5 Å². The first-order valence-electron chi connectivity index (χ1n) is 13.0. The first kappa shape index (κ1) is 30.2. The Hall–Kier alpha value is -5.28. The second-order valence-corrected chi connectivity index (χ2v) is 9.82. The van der Waals surface area contributed by atoms with Crippen molar-refractivity contribution in [3.8, 4) is 45.8 Å². The number of phenolic OH excluding ortho intramolecular Hbond substituents is 5. The predicted octanol–water partition coefficient (Wildman–Crippen LogP) is 1.43. The van der Waals surface area contributed by atoms with Gasteiger partial charge in [-0.2, -0.15) is 0 Å². The van der Waals surface area contributed by atoms with Gasteiger partial charge in [-0.1, -0.05) is 6.07 Å². The van der Waals surface area contributed by atoms with Crippen molar-refractivity contribution in [2.45, 2.75) is 30.7 Å². The Balaban J connectivity index is 1.41. The number of ether oxygens (including phenoxy) is 3. The van der Waals surface area contributed by atoms with Crippen LogP contribution in [0, 0.1) is 0 Å². The normalized spacial score (nSPS) is 21.8. The Kier molecular flexibility index (Phi) is 8.33. The van der Waals surface area contributed by atoms with Crippen LogP contribution in [0.4, 0.5) is 0 Å². The molecule has 4 aromatic rings. The number of hydrogen-bond acceptors (Lipinski definition) is 14. The van der Waals surface area contributed by atoms with E-state index in [1.807, 2.05) is 0 Å². The molecular formula is C30H26O14. The monoisotopic (exact) mass is 610 g/mol. The Bertz CT molecular complexity index is 1780. The Morgan fingerprint density at radius 2 is 1.55 bits per heavy atom. The van der Waals surface area contributed by atoms with E-state index in [0.717, 1.165) is 18.2 Å². The molecule has 0 saturated carbocycles. The third-order valence-corrected chi connectivity index (χ3v) is 6.75. The van der Waals surface area contributed by atoms with Crippen molar-refractivity contribution in [1.29, 1.82) is 0 Å². The molecule has 44 heavy (non-hydrogen) atoms. The molecule has 0 radical (unpaired) electrons. The standard InChI is InChI=1S/C30H26O14/c31-15-5-3-14(4-6-15)28-29(25(38)23-19(35)10-16(32)11-20(23)42-28)44-30-27(40)26(39)24(37)21(43-30)12-41-22(36)8-2-13-1-7-17(33)18(34)9-13/h1-11,21,24,26-27,30-35,37,39-40H,12H2/b8-2+/t21-,24-,26+,27-,30+/m1/s1. The van der Waals surface area contributed by atoms with Crippen LogP contribution in [0.2, 0.25) is 0 Å². The van der Waals surface area contributed by atoms with Gasteiger partial charge >= 0.3 is 5.97 Å². The molecule has 230 valence electrons. The fourth-order valence-corrected chi connectivity index (χ4v) is 4.47. The highest BCUT2D eigenvalue weighted by Crippen LogP contribution is 2.37. The van der Waals surface area contributed by atoms with Crippen molar-refractivity contribution in [2.75, 3.05) is 6.61 Å². The van der Waals surface area contributed by atoms with E-state index in [1.54, 1.807) is 0 Å². The summed E-state index contributed by atoms with van der Waals surface area (Å²) in [7, 11) is 0. The number of hydrogen-bond donors (Lipinski definition) is 8. The van der Waals surface area contributed by atoms with E-state index >= 15 is 0 Å². The molecule has 8 N–H and O–H groups in total. The number of phenols is 5. The van der Waals surface area contributed by atoms with Crippen LogP contribution in [-0.4, -0.2) is 84.1 Å². The number of benzene rings is 3. The second-order valence-electron chi connectivity index (χ2n) is 9.82. The summed E-state index contributed by atoms with van der Waals surface area (Å²) in [4.78, 5) is 25.8. The number of aliphatic hydroxyl groups is 3. The topological polar surface area (TPSA) is 237 Å². The molecule has 0 aliphatic carbocycles. The van der Waals surface area contributed by atoms with Gasteiger partial charge in [-0.15, -0.1) is 0 Å². The molecule has 5 atom stereocenters. The molecule has 3 aromatic carbocycles. The number of carbonyl (C=O) groups excluding carboxylic acids is 1. The molecule has 1 aliphatic heterocycles. The summed E-state index contributed by atoms with van der Waals surface area (Å²) in [5.41, 5.74) is -0.608. The van der Waals surface area contributed by atoms with Gasteiger partial charge in [-0.05, 0) is 48.0 Å². The summed E-state index contributed by atoms with van der Waals surface area (Å²) in [6, 6.07) is 11.2. The Morgan fingerprint density at radius 3 is 2.25 bits per heavy atom. The van der Waals surface area contributed by atoms with Gasteiger partial charge in [-0.25, -0.2) is 4.79 Å². The predicted molar refractivity (Wildman–Crippen MR) is 150 cm³/mol. The maximum atomic E-state index is 13.5. The first-order chi connectivity index (χ1) is 20.9. The minimum absolute atomic E-state index is 0.105. The van der Waals surface area contributed by atoms with E-state index in [9.17, 15) is 50.4 Å². The van der Waals surface area contributed by atoms with E-state index in [-0.39, 0.29) is 33.8 Å². The van der Waals surface area contributed by atoms with E-state index in [1.165, 1.54) is 48.5 Å². The van der Waals surface area contributed by atoms with Crippen molar-refractivity contribution in [3.63, 3.8) is 0 Å². The van der Waals surface area contributed by atoms with Crippen molar-refractivity contribution in [2.24, 2.45) is 0 Å². The number of fused-ring (bicyclic) bond motifs is 1. The van der Waals surface area contributed by atoms with E-state index in [0.29, 0.717) is 5.56 Å². The fourth-order valence-electron chi connectivity index (χ4n) is 4.47. The van der Waals surface area contributed by atoms with Crippen LogP contribution in [0.3, 0.4) is 0 Å². The van der Waals surface area contributed by atoms with Crippen molar-refractivity contribution in [1.82, 2.24) is 0 Å². The summed E-state index contributed by atoms with van der Waals surface area (Å²) in [6.45, 7) is -0.633. The average Bonchev–Trinajstić information content (AvgIpc) is 2.98. The summed E-state index contributed by atoms with van der Waals surface area (Å²) in [5.74, 6) is -3.65. The van der Waals surface area contributed by atoms with Crippen molar-refractivity contribution >= 4 is 23.0 Å². The molecule has 1 aliphatic rings. The Labute approximate surface area is 247 Å². The van der Waals surface area contributed by atoms with Gasteiger partial charge in [0.2, 0.25) is 17.5 Å². The summed E-state index contributed by atoms with van der Waals surface area (Å²) in [6.07, 6.45) is -6.57. The maximum absolute atomic E-state index is 13.5. The molecule has 0 amide bonds. The van der Waals surface area contributed by atoms with Crippen LogP contribution in [0.25, 0.3) is 28.4 Å². The van der Waals surface area contributed by atoms with Gasteiger partial charge in [0.25, 0.3) is 0 Å². The molecule has 0 unspecified atom stereocenters. The number of rotatable bonds is 7. The molecule has 1 aromatic heterocycles. The highest BCUT2D eigenvalue weighted by Gasteiger charge is 2.46. The minimum Gasteiger partial charge on any atom is -0.508 e.